The van der Waals surface area contributed by atoms with Gasteiger partial charge in [0.15, 0.2) is 11.5 Å². The van der Waals surface area contributed by atoms with E-state index in [9.17, 15) is 14.1 Å². The van der Waals surface area contributed by atoms with E-state index < -0.39 is 15.6 Å². The molecule has 1 atom stereocenters. The summed E-state index contributed by atoms with van der Waals surface area (Å²) in [6, 6.07) is 11.4. The Kier molecular flexibility index (Phi) is 6.97. The molecule has 0 aliphatic carbocycles. The second kappa shape index (κ2) is 9.11. The van der Waals surface area contributed by atoms with Crippen LogP contribution in [0.2, 0.25) is 0 Å². The zero-order valence-electron chi connectivity index (χ0n) is 20.8. The fourth-order valence-electron chi connectivity index (χ4n) is 4.07. The number of benzene rings is 2. The van der Waals surface area contributed by atoms with Gasteiger partial charge in [-0.2, -0.15) is 4.36 Å². The topological polar surface area (TPSA) is 79.2 Å². The van der Waals surface area contributed by atoms with Gasteiger partial charge in [0.05, 0.1) is 9.73 Å². The molecule has 0 saturated heterocycles. The molecule has 1 N–H and O–H groups in total. The highest BCUT2D eigenvalue weighted by molar-refractivity contribution is 7.93. The summed E-state index contributed by atoms with van der Waals surface area (Å²) in [5.74, 6) is 0.247. The number of phenols is 1. The molecule has 0 bridgehead atoms. The van der Waals surface area contributed by atoms with Gasteiger partial charge >= 0.3 is 0 Å². The van der Waals surface area contributed by atoms with Crippen molar-refractivity contribution in [2.24, 2.45) is 4.36 Å². The summed E-state index contributed by atoms with van der Waals surface area (Å²) in [6.45, 7) is 13.3. The number of phenolic OH excluding ortho intramolecular Hbond substituents is 1. The van der Waals surface area contributed by atoms with Gasteiger partial charge in [-0.15, -0.1) is 0 Å². The van der Waals surface area contributed by atoms with Crippen molar-refractivity contribution >= 4 is 15.6 Å². The average Bonchev–Trinajstić information content (AvgIpc) is 3.11. The van der Waals surface area contributed by atoms with E-state index in [4.69, 9.17) is 4.74 Å². The van der Waals surface area contributed by atoms with Crippen LogP contribution in [0.25, 0.3) is 0 Å². The molecule has 0 spiro atoms. The van der Waals surface area contributed by atoms with Crippen LogP contribution in [0.3, 0.4) is 0 Å². The van der Waals surface area contributed by atoms with Crippen LogP contribution in [0.1, 0.15) is 64.7 Å². The third-order valence-corrected chi connectivity index (χ3v) is 7.70. The molecule has 2 aromatic carbocycles. The summed E-state index contributed by atoms with van der Waals surface area (Å²) in [6.07, 6.45) is 3.30. The summed E-state index contributed by atoms with van der Waals surface area (Å²) in [5, 5.41) is 10.1. The van der Waals surface area contributed by atoms with E-state index in [0.29, 0.717) is 10.6 Å². The first-order valence-electron chi connectivity index (χ1n) is 11.3. The van der Waals surface area contributed by atoms with Crippen LogP contribution in [-0.4, -0.2) is 37.5 Å². The summed E-state index contributed by atoms with van der Waals surface area (Å²) < 4.78 is 22.6. The van der Waals surface area contributed by atoms with E-state index in [1.807, 2.05) is 51.1 Å². The number of carbonyl (C=O) groups excluding carboxylic acids is 1. The van der Waals surface area contributed by atoms with Gasteiger partial charge in [0.1, 0.15) is 5.60 Å². The summed E-state index contributed by atoms with van der Waals surface area (Å²) in [7, 11) is -2.73. The molecular weight excluding hydrogens is 436 g/mol. The molecule has 7 heteroatoms. The van der Waals surface area contributed by atoms with Crippen LogP contribution in [0.5, 0.6) is 11.5 Å². The van der Waals surface area contributed by atoms with Crippen molar-refractivity contribution in [3.63, 3.8) is 0 Å². The molecule has 1 unspecified atom stereocenters. The SMILES string of the molecule is CC(=O)N=S(C)(=O)c1ccc2c(c1)CN(C(C)(C)CCc1ccc(O)c(OC(C)(C)C)c1)C2. The number of fused-ring (bicyclic) bond motifs is 1. The second-order valence-corrected chi connectivity index (χ2v) is 12.8. The van der Waals surface area contributed by atoms with Gasteiger partial charge in [-0.05, 0) is 88.4 Å². The molecule has 3 rings (SSSR count). The highest BCUT2D eigenvalue weighted by Crippen LogP contribution is 2.35. The van der Waals surface area contributed by atoms with Crippen molar-refractivity contribution in [1.82, 2.24) is 4.90 Å². The molecule has 180 valence electrons. The van der Waals surface area contributed by atoms with Gasteiger partial charge in [-0.3, -0.25) is 9.69 Å². The number of carbonyl (C=O) groups is 1. The molecule has 33 heavy (non-hydrogen) atoms. The third kappa shape index (κ3) is 6.36. The standard InChI is InChI=1S/C26H36N2O4S/c1-18(29)27-33(7,31)22-10-9-20-16-28(17-21(20)15-22)26(5,6)13-12-19-8-11-23(30)24(14-19)32-25(2,3)4/h8-11,14-15,30H,12-13,16-17H2,1-7H3. The summed E-state index contributed by atoms with van der Waals surface area (Å²) >= 11 is 0. The number of aryl methyl sites for hydroxylation is 1. The smallest absolute Gasteiger partial charge is 0.250 e. The molecule has 0 saturated carbocycles. The highest BCUT2D eigenvalue weighted by Gasteiger charge is 2.32. The van der Waals surface area contributed by atoms with Crippen molar-refractivity contribution in [2.75, 3.05) is 6.26 Å². The van der Waals surface area contributed by atoms with Gasteiger partial charge < -0.3 is 9.84 Å². The number of hydrogen-bond acceptors (Lipinski definition) is 5. The molecule has 2 aromatic rings. The lowest BCUT2D eigenvalue weighted by molar-refractivity contribution is -0.115. The Morgan fingerprint density at radius 3 is 2.39 bits per heavy atom. The summed E-state index contributed by atoms with van der Waals surface area (Å²) in [5.41, 5.74) is 3.03. The Labute approximate surface area is 198 Å². The lowest BCUT2D eigenvalue weighted by Crippen LogP contribution is -2.40. The predicted molar refractivity (Wildman–Crippen MR) is 132 cm³/mol. The molecular formula is C26H36N2O4S. The van der Waals surface area contributed by atoms with Gasteiger partial charge in [-0.1, -0.05) is 12.1 Å². The zero-order chi connectivity index (χ0) is 24.6. The van der Waals surface area contributed by atoms with Crippen molar-refractivity contribution in [1.29, 1.82) is 0 Å². The van der Waals surface area contributed by atoms with Gasteiger partial charge in [0.2, 0.25) is 0 Å². The number of rotatable bonds is 6. The number of aromatic hydroxyl groups is 1. The minimum Gasteiger partial charge on any atom is -0.504 e. The first kappa shape index (κ1) is 25.2. The molecule has 0 aromatic heterocycles. The second-order valence-electron chi connectivity index (χ2n) is 10.5. The average molecular weight is 473 g/mol. The number of nitrogens with zero attached hydrogens (tertiary/aromatic N) is 2. The number of ether oxygens (including phenoxy) is 1. The molecule has 1 amide bonds. The van der Waals surface area contributed by atoms with Gasteiger partial charge in [-0.25, -0.2) is 4.21 Å². The number of hydrogen-bond donors (Lipinski definition) is 1. The molecule has 6 nitrogen and oxygen atoms in total. The Bertz CT molecular complexity index is 1170. The fraction of sp³-hybridized carbons (Fsp3) is 0.500. The molecule has 1 aliphatic rings. The molecule has 0 fully saturated rings. The van der Waals surface area contributed by atoms with Crippen LogP contribution in [0.4, 0.5) is 0 Å². The Balaban J connectivity index is 1.72. The monoisotopic (exact) mass is 472 g/mol. The lowest BCUT2D eigenvalue weighted by Gasteiger charge is -2.35. The van der Waals surface area contributed by atoms with Crippen LogP contribution in [0.15, 0.2) is 45.7 Å². The maximum Gasteiger partial charge on any atom is 0.250 e. The van der Waals surface area contributed by atoms with Crippen molar-refractivity contribution < 1.29 is 18.8 Å². The predicted octanol–water partition coefficient (Wildman–Crippen LogP) is 5.30. The van der Waals surface area contributed by atoms with Crippen LogP contribution in [0, 0.1) is 0 Å². The molecule has 1 heterocycles. The van der Waals surface area contributed by atoms with Crippen molar-refractivity contribution in [3.8, 4) is 11.5 Å². The highest BCUT2D eigenvalue weighted by atomic mass is 32.2. The first-order chi connectivity index (χ1) is 15.2. The van der Waals surface area contributed by atoms with Crippen molar-refractivity contribution in [2.45, 2.75) is 83.5 Å². The minimum atomic E-state index is -2.73. The van der Waals surface area contributed by atoms with Gasteiger partial charge in [0.25, 0.3) is 5.91 Å². The maximum absolute atomic E-state index is 12.8. The van der Waals surface area contributed by atoms with E-state index in [0.717, 1.165) is 37.1 Å². The lowest BCUT2D eigenvalue weighted by atomic mass is 9.93. The van der Waals surface area contributed by atoms with E-state index in [1.165, 1.54) is 18.7 Å². The number of amides is 1. The van der Waals surface area contributed by atoms with Crippen LogP contribution >= 0.6 is 0 Å². The van der Waals surface area contributed by atoms with E-state index >= 15 is 0 Å². The Morgan fingerprint density at radius 1 is 1.09 bits per heavy atom. The van der Waals surface area contributed by atoms with Crippen LogP contribution < -0.4 is 4.74 Å². The van der Waals surface area contributed by atoms with E-state index in [2.05, 4.69) is 23.1 Å². The minimum absolute atomic E-state index is 0.0699. The van der Waals surface area contributed by atoms with Gasteiger partial charge in [0, 0.05) is 36.7 Å². The Hall–Kier alpha value is -2.38. The summed E-state index contributed by atoms with van der Waals surface area (Å²) in [4.78, 5) is 14.4. The van der Waals surface area contributed by atoms with E-state index in [1.54, 1.807) is 6.07 Å². The van der Waals surface area contributed by atoms with E-state index in [-0.39, 0.29) is 16.9 Å². The Morgan fingerprint density at radius 2 is 1.76 bits per heavy atom. The largest absolute Gasteiger partial charge is 0.504 e. The molecule has 1 aliphatic heterocycles. The maximum atomic E-state index is 12.8. The zero-order valence-corrected chi connectivity index (χ0v) is 21.6. The molecule has 0 radical (unpaired) electrons. The fourth-order valence-corrected chi connectivity index (χ4v) is 5.34. The van der Waals surface area contributed by atoms with Crippen LogP contribution in [-0.2, 0) is 34.0 Å². The normalized spacial score (nSPS) is 16.2. The van der Waals surface area contributed by atoms with Crippen molar-refractivity contribution in [3.05, 3.63) is 53.1 Å². The first-order valence-corrected chi connectivity index (χ1v) is 13.2. The third-order valence-electron chi connectivity index (χ3n) is 5.96. The quantitative estimate of drug-likeness (QED) is 0.617.